The third kappa shape index (κ3) is 3.30. The number of carboxylic acids is 1. The summed E-state index contributed by atoms with van der Waals surface area (Å²) in [6.07, 6.45) is 1.48. The zero-order valence-electron chi connectivity index (χ0n) is 12.3. The van der Waals surface area contributed by atoms with Crippen molar-refractivity contribution in [1.29, 1.82) is 0 Å². The van der Waals surface area contributed by atoms with Crippen molar-refractivity contribution in [2.24, 2.45) is 5.92 Å². The van der Waals surface area contributed by atoms with Gasteiger partial charge in [0.05, 0.1) is 11.5 Å². The van der Waals surface area contributed by atoms with Gasteiger partial charge in [-0.05, 0) is 33.2 Å². The van der Waals surface area contributed by atoms with E-state index in [0.29, 0.717) is 19.3 Å². The van der Waals surface area contributed by atoms with E-state index in [1.165, 1.54) is 20.0 Å². The largest absolute Gasteiger partial charge is 0.481 e. The minimum absolute atomic E-state index is 0.132. The van der Waals surface area contributed by atoms with Crippen LogP contribution in [0, 0.1) is 12.8 Å². The van der Waals surface area contributed by atoms with Crippen LogP contribution < -0.4 is 10.0 Å². The predicted octanol–water partition coefficient (Wildman–Crippen LogP) is 0.479. The molecular formula is C13H18N2O6S. The van der Waals surface area contributed by atoms with Crippen LogP contribution in [0.15, 0.2) is 15.6 Å². The number of aliphatic carboxylic acids is 1. The highest BCUT2D eigenvalue weighted by atomic mass is 32.2. The summed E-state index contributed by atoms with van der Waals surface area (Å²) < 4.78 is 30.5. The van der Waals surface area contributed by atoms with E-state index in [1.807, 2.05) is 0 Å². The normalized spacial score (nSPS) is 21.7. The highest BCUT2D eigenvalue weighted by molar-refractivity contribution is 7.89. The first-order chi connectivity index (χ1) is 10.2. The van der Waals surface area contributed by atoms with Crippen molar-refractivity contribution in [2.75, 3.05) is 7.05 Å². The van der Waals surface area contributed by atoms with E-state index >= 15 is 0 Å². The maximum absolute atomic E-state index is 12.2. The molecule has 0 radical (unpaired) electrons. The maximum atomic E-state index is 12.2. The maximum Gasteiger partial charge on any atom is 0.306 e. The molecule has 1 amide bonds. The van der Waals surface area contributed by atoms with E-state index in [9.17, 15) is 18.0 Å². The number of carbonyl (C=O) groups excluding carboxylic acids is 1. The Hall–Kier alpha value is -1.87. The van der Waals surface area contributed by atoms with Crippen molar-refractivity contribution >= 4 is 21.9 Å². The summed E-state index contributed by atoms with van der Waals surface area (Å²) >= 11 is 0. The number of sulfonamides is 1. The van der Waals surface area contributed by atoms with Crippen molar-refractivity contribution in [3.8, 4) is 0 Å². The zero-order valence-corrected chi connectivity index (χ0v) is 13.1. The van der Waals surface area contributed by atoms with E-state index < -0.39 is 27.8 Å². The fourth-order valence-electron chi connectivity index (χ4n) is 2.51. The lowest BCUT2D eigenvalue weighted by molar-refractivity contribution is -0.141. The van der Waals surface area contributed by atoms with Crippen molar-refractivity contribution in [3.63, 3.8) is 0 Å². The fraction of sp³-hybridized carbons (Fsp3) is 0.538. The predicted molar refractivity (Wildman–Crippen MR) is 75.9 cm³/mol. The van der Waals surface area contributed by atoms with Gasteiger partial charge in [0.1, 0.15) is 5.76 Å². The van der Waals surface area contributed by atoms with Gasteiger partial charge in [-0.2, -0.15) is 0 Å². The van der Waals surface area contributed by atoms with Gasteiger partial charge in [-0.1, -0.05) is 0 Å². The third-order valence-corrected chi connectivity index (χ3v) is 5.06. The molecule has 2 rings (SSSR count). The molecule has 0 bridgehead atoms. The molecule has 3 N–H and O–H groups in total. The molecule has 22 heavy (non-hydrogen) atoms. The Balaban J connectivity index is 2.10. The number of hydrogen-bond acceptors (Lipinski definition) is 5. The Morgan fingerprint density at radius 2 is 2.05 bits per heavy atom. The van der Waals surface area contributed by atoms with Crippen molar-refractivity contribution < 1.29 is 27.5 Å². The second-order valence-corrected chi connectivity index (χ2v) is 7.08. The summed E-state index contributed by atoms with van der Waals surface area (Å²) in [7, 11) is -2.51. The Kier molecular flexibility index (Phi) is 4.57. The molecule has 1 saturated carbocycles. The van der Waals surface area contributed by atoms with Crippen LogP contribution >= 0.6 is 0 Å². The topological polar surface area (TPSA) is 126 Å². The van der Waals surface area contributed by atoms with Crippen LogP contribution in [-0.4, -0.2) is 38.5 Å². The van der Waals surface area contributed by atoms with E-state index in [4.69, 9.17) is 9.52 Å². The van der Waals surface area contributed by atoms with Crippen LogP contribution in [0.4, 0.5) is 0 Å². The molecule has 1 aromatic heterocycles. The minimum Gasteiger partial charge on any atom is -0.481 e. The first-order valence-electron chi connectivity index (χ1n) is 6.82. The van der Waals surface area contributed by atoms with Gasteiger partial charge in [-0.3, -0.25) is 9.59 Å². The van der Waals surface area contributed by atoms with Crippen molar-refractivity contribution in [3.05, 3.63) is 17.4 Å². The number of amides is 1. The van der Waals surface area contributed by atoms with Crippen LogP contribution in [0.2, 0.25) is 0 Å². The van der Waals surface area contributed by atoms with Gasteiger partial charge in [0.2, 0.25) is 5.09 Å². The number of carboxylic acid groups (broad SMARTS) is 1. The summed E-state index contributed by atoms with van der Waals surface area (Å²) in [6, 6.07) is 0.937. The van der Waals surface area contributed by atoms with Gasteiger partial charge in [-0.15, -0.1) is 0 Å². The first kappa shape index (κ1) is 16.5. The summed E-state index contributed by atoms with van der Waals surface area (Å²) in [5, 5.41) is 11.3. The molecule has 0 aromatic carbocycles. The number of rotatable bonds is 5. The SMILES string of the molecule is CNS(=O)(=O)c1cc(C(=O)N[C@H]2CC[C@@H](C(=O)O)C2)c(C)o1. The Morgan fingerprint density at radius 1 is 1.36 bits per heavy atom. The summed E-state index contributed by atoms with van der Waals surface area (Å²) in [5.41, 5.74) is 0.132. The Labute approximate surface area is 127 Å². The molecule has 0 aliphatic heterocycles. The average molecular weight is 330 g/mol. The smallest absolute Gasteiger partial charge is 0.306 e. The van der Waals surface area contributed by atoms with Gasteiger partial charge in [0, 0.05) is 12.1 Å². The molecule has 2 atom stereocenters. The van der Waals surface area contributed by atoms with Crippen molar-refractivity contribution in [2.45, 2.75) is 37.3 Å². The van der Waals surface area contributed by atoms with E-state index in [-0.39, 0.29) is 22.5 Å². The summed E-state index contributed by atoms with van der Waals surface area (Å²) in [5.74, 6) is -1.58. The Bertz CT molecular complexity index is 693. The lowest BCUT2D eigenvalue weighted by atomic mass is 10.1. The molecule has 1 aromatic rings. The van der Waals surface area contributed by atoms with Gasteiger partial charge >= 0.3 is 5.97 Å². The molecule has 1 heterocycles. The second kappa shape index (κ2) is 6.09. The van der Waals surface area contributed by atoms with Gasteiger partial charge in [0.25, 0.3) is 15.9 Å². The number of carbonyl (C=O) groups is 2. The van der Waals surface area contributed by atoms with Gasteiger partial charge in [-0.25, -0.2) is 13.1 Å². The summed E-state index contributed by atoms with van der Waals surface area (Å²) in [4.78, 5) is 23.1. The van der Waals surface area contributed by atoms with Crippen LogP contribution in [-0.2, 0) is 14.8 Å². The van der Waals surface area contributed by atoms with Gasteiger partial charge < -0.3 is 14.8 Å². The fourth-order valence-corrected chi connectivity index (χ4v) is 3.22. The standard InChI is InChI=1S/C13H18N2O6S/c1-7-10(6-11(21-7)22(19,20)14-2)12(16)15-9-4-3-8(5-9)13(17)18/h6,8-9,14H,3-5H2,1-2H3,(H,15,16)(H,17,18)/t8-,9+/m1/s1. The summed E-state index contributed by atoms with van der Waals surface area (Å²) in [6.45, 7) is 1.50. The molecule has 0 saturated heterocycles. The van der Waals surface area contributed by atoms with Crippen LogP contribution in [0.1, 0.15) is 35.4 Å². The molecule has 0 spiro atoms. The van der Waals surface area contributed by atoms with Crippen LogP contribution in [0.25, 0.3) is 0 Å². The van der Waals surface area contributed by atoms with Crippen LogP contribution in [0.5, 0.6) is 0 Å². The number of aryl methyl sites for hydroxylation is 1. The molecule has 0 unspecified atom stereocenters. The molecule has 9 heteroatoms. The minimum atomic E-state index is -3.76. The molecule has 122 valence electrons. The van der Waals surface area contributed by atoms with E-state index in [2.05, 4.69) is 10.0 Å². The molecule has 1 fully saturated rings. The number of nitrogens with one attached hydrogen (secondary N) is 2. The molecule has 8 nitrogen and oxygen atoms in total. The highest BCUT2D eigenvalue weighted by Crippen LogP contribution is 2.26. The highest BCUT2D eigenvalue weighted by Gasteiger charge is 2.31. The van der Waals surface area contributed by atoms with Crippen molar-refractivity contribution in [1.82, 2.24) is 10.0 Å². The second-order valence-electron chi connectivity index (χ2n) is 5.26. The number of hydrogen-bond donors (Lipinski definition) is 3. The zero-order chi connectivity index (χ0) is 16.5. The number of furan rings is 1. The lowest BCUT2D eigenvalue weighted by Crippen LogP contribution is -2.33. The first-order valence-corrected chi connectivity index (χ1v) is 8.30. The van der Waals surface area contributed by atoms with Gasteiger partial charge in [0.15, 0.2) is 0 Å². The lowest BCUT2D eigenvalue weighted by Gasteiger charge is -2.11. The van der Waals surface area contributed by atoms with Crippen LogP contribution in [0.3, 0.4) is 0 Å². The molecule has 1 aliphatic carbocycles. The van der Waals surface area contributed by atoms with E-state index in [1.54, 1.807) is 0 Å². The average Bonchev–Trinajstić information content (AvgIpc) is 3.05. The third-order valence-electron chi connectivity index (χ3n) is 3.79. The monoisotopic (exact) mass is 330 g/mol. The quantitative estimate of drug-likeness (QED) is 0.721. The van der Waals surface area contributed by atoms with E-state index in [0.717, 1.165) is 0 Å². The molecule has 1 aliphatic rings. The Morgan fingerprint density at radius 3 is 2.59 bits per heavy atom. The molecular weight excluding hydrogens is 312 g/mol.